The summed E-state index contributed by atoms with van der Waals surface area (Å²) in [5, 5.41) is 0. The minimum Gasteiger partial charge on any atom is -0.340 e. The zero-order chi connectivity index (χ0) is 10.6. The maximum absolute atomic E-state index is 10.8. The molecule has 0 atom stereocenters. The summed E-state index contributed by atoms with van der Waals surface area (Å²) in [5.41, 5.74) is 0. The van der Waals surface area contributed by atoms with Crippen LogP contribution < -0.4 is 0 Å². The predicted octanol–water partition coefficient (Wildman–Crippen LogP) is -0.597. The molecule has 4 heteroatoms. The normalized spacial score (nSPS) is 19.0. The van der Waals surface area contributed by atoms with E-state index in [-0.39, 0.29) is 5.91 Å². The highest BCUT2D eigenvalue weighted by Gasteiger charge is 2.17. The summed E-state index contributed by atoms with van der Waals surface area (Å²) in [6, 6.07) is 0. The van der Waals surface area contributed by atoms with Crippen LogP contribution >= 0.6 is 0 Å². The Hall–Kier alpha value is -0.610. The lowest BCUT2D eigenvalue weighted by molar-refractivity contribution is -0.128. The van der Waals surface area contributed by atoms with Crippen LogP contribution in [0.15, 0.2) is 0 Å². The molecule has 1 aliphatic heterocycles. The first kappa shape index (κ1) is 11.5. The summed E-state index contributed by atoms with van der Waals surface area (Å²) in [4.78, 5) is 17.1. The Kier molecular flexibility index (Phi) is 4.35. The molecule has 1 saturated heterocycles. The van der Waals surface area contributed by atoms with E-state index in [2.05, 4.69) is 23.9 Å². The highest BCUT2D eigenvalue weighted by molar-refractivity contribution is 5.80. The van der Waals surface area contributed by atoms with Gasteiger partial charge < -0.3 is 9.80 Å². The fourth-order valence-corrected chi connectivity index (χ4v) is 1.53. The maximum atomic E-state index is 10.8. The molecule has 14 heavy (non-hydrogen) atoms. The van der Waals surface area contributed by atoms with E-state index in [1.54, 1.807) is 4.90 Å². The maximum Gasteiger partial charge on any atom is 0.227 e. The number of likely N-dealkylation sites (N-methyl/N-ethyl adjacent to an activating group) is 1. The van der Waals surface area contributed by atoms with Crippen molar-refractivity contribution in [1.82, 2.24) is 14.7 Å². The first-order valence-electron chi connectivity index (χ1n) is 5.01. The summed E-state index contributed by atoms with van der Waals surface area (Å²) < 4.78 is 0. The quantitative estimate of drug-likeness (QED) is 0.605. The van der Waals surface area contributed by atoms with Gasteiger partial charge in [0.15, 0.2) is 0 Å². The third-order valence-corrected chi connectivity index (χ3v) is 2.55. The second-order valence-electron chi connectivity index (χ2n) is 3.97. The van der Waals surface area contributed by atoms with Crippen LogP contribution in [0, 0.1) is 6.92 Å². The number of rotatable bonds is 3. The van der Waals surface area contributed by atoms with E-state index in [1.807, 2.05) is 0 Å². The van der Waals surface area contributed by atoms with Crippen molar-refractivity contribution in [2.24, 2.45) is 0 Å². The van der Waals surface area contributed by atoms with Crippen molar-refractivity contribution in [3.8, 4) is 0 Å². The number of carbonyl (C=O) groups excluding carboxylic acids is 1. The van der Waals surface area contributed by atoms with Crippen molar-refractivity contribution < 1.29 is 4.79 Å². The monoisotopic (exact) mass is 197 g/mol. The topological polar surface area (TPSA) is 26.8 Å². The number of carbonyl (C=O) groups is 1. The van der Waals surface area contributed by atoms with Crippen molar-refractivity contribution in [2.45, 2.75) is 0 Å². The number of amides is 1. The van der Waals surface area contributed by atoms with Gasteiger partial charge in [-0.25, -0.2) is 0 Å². The lowest BCUT2D eigenvalue weighted by atomic mass is 10.3. The van der Waals surface area contributed by atoms with Crippen molar-refractivity contribution in [3.63, 3.8) is 0 Å². The fraction of sp³-hybridized carbons (Fsp3) is 0.800. The average Bonchev–Trinajstić information content (AvgIpc) is 2.15. The van der Waals surface area contributed by atoms with Gasteiger partial charge in [0.1, 0.15) is 0 Å². The van der Waals surface area contributed by atoms with Gasteiger partial charge in [-0.2, -0.15) is 0 Å². The molecule has 1 fully saturated rings. The van der Waals surface area contributed by atoms with Gasteiger partial charge >= 0.3 is 0 Å². The van der Waals surface area contributed by atoms with Crippen LogP contribution in [0.5, 0.6) is 0 Å². The first-order chi connectivity index (χ1) is 6.59. The number of nitrogens with zero attached hydrogens (tertiary/aromatic N) is 3. The van der Waals surface area contributed by atoms with Gasteiger partial charge in [-0.3, -0.25) is 9.69 Å². The van der Waals surface area contributed by atoms with Crippen molar-refractivity contribution in [3.05, 3.63) is 6.92 Å². The summed E-state index contributed by atoms with van der Waals surface area (Å²) >= 11 is 0. The van der Waals surface area contributed by atoms with Gasteiger partial charge in [-0.05, 0) is 14.1 Å². The van der Waals surface area contributed by atoms with Gasteiger partial charge in [-0.1, -0.05) is 0 Å². The summed E-state index contributed by atoms with van der Waals surface area (Å²) in [7, 11) is 4.14. The molecule has 1 rings (SSSR count). The number of hydrogen-bond acceptors (Lipinski definition) is 3. The molecule has 80 valence electrons. The van der Waals surface area contributed by atoms with Gasteiger partial charge in [0.2, 0.25) is 5.91 Å². The highest BCUT2D eigenvalue weighted by atomic mass is 16.2. The van der Waals surface area contributed by atoms with Crippen LogP contribution in [0.3, 0.4) is 0 Å². The second kappa shape index (κ2) is 5.32. The Labute approximate surface area is 86.5 Å². The summed E-state index contributed by atoms with van der Waals surface area (Å²) in [5.74, 6) is -0.294. The Morgan fingerprint density at radius 1 is 1.29 bits per heavy atom. The minimum atomic E-state index is -0.294. The van der Waals surface area contributed by atoms with E-state index < -0.39 is 0 Å². The predicted molar refractivity (Wildman–Crippen MR) is 55.9 cm³/mol. The molecular weight excluding hydrogens is 178 g/mol. The molecule has 0 bridgehead atoms. The summed E-state index contributed by atoms with van der Waals surface area (Å²) in [6.07, 6.45) is 0. The molecule has 0 aromatic heterocycles. The molecule has 1 amide bonds. The zero-order valence-electron chi connectivity index (χ0n) is 9.07. The van der Waals surface area contributed by atoms with Gasteiger partial charge in [-0.15, -0.1) is 0 Å². The zero-order valence-corrected chi connectivity index (χ0v) is 9.07. The smallest absolute Gasteiger partial charge is 0.227 e. The Balaban J connectivity index is 2.19. The van der Waals surface area contributed by atoms with E-state index in [0.29, 0.717) is 0 Å². The lowest BCUT2D eigenvalue weighted by Gasteiger charge is -2.34. The molecule has 0 aromatic carbocycles. The number of hydrogen-bond donors (Lipinski definition) is 0. The third kappa shape index (κ3) is 3.64. The first-order valence-corrected chi connectivity index (χ1v) is 5.01. The van der Waals surface area contributed by atoms with Crippen molar-refractivity contribution >= 4 is 5.91 Å². The minimum absolute atomic E-state index is 0.294. The van der Waals surface area contributed by atoms with Crippen LogP contribution in [0.2, 0.25) is 0 Å². The third-order valence-electron chi connectivity index (χ3n) is 2.55. The van der Waals surface area contributed by atoms with E-state index >= 15 is 0 Å². The molecule has 0 saturated carbocycles. The molecule has 4 nitrogen and oxygen atoms in total. The average molecular weight is 197 g/mol. The van der Waals surface area contributed by atoms with Crippen LogP contribution in [-0.2, 0) is 4.79 Å². The van der Waals surface area contributed by atoms with Crippen molar-refractivity contribution in [2.75, 3.05) is 53.4 Å². The highest BCUT2D eigenvalue weighted by Crippen LogP contribution is 2.01. The Morgan fingerprint density at radius 3 is 2.29 bits per heavy atom. The number of piperazine rings is 1. The molecule has 0 aliphatic carbocycles. The van der Waals surface area contributed by atoms with E-state index in [1.165, 1.54) is 0 Å². The molecule has 0 unspecified atom stereocenters. The molecule has 0 aromatic rings. The van der Waals surface area contributed by atoms with Crippen molar-refractivity contribution in [1.29, 1.82) is 0 Å². The molecule has 1 aliphatic rings. The van der Waals surface area contributed by atoms with Gasteiger partial charge in [0.05, 0.1) is 6.92 Å². The van der Waals surface area contributed by atoms with Crippen LogP contribution in [0.1, 0.15) is 0 Å². The SMILES string of the molecule is [CH]C(=O)N1CCN(CCN(C)C)CC1. The standard InChI is InChI=1S/C10H19N3O/c1-10(14)13-8-6-12(7-9-13)5-4-11(2)3/h1H,4-9H2,2-3H3. The molecule has 0 N–H and O–H groups in total. The molecule has 0 spiro atoms. The molecule has 2 radical (unpaired) electrons. The van der Waals surface area contributed by atoms with E-state index in [4.69, 9.17) is 6.92 Å². The van der Waals surface area contributed by atoms with Crippen LogP contribution in [0.25, 0.3) is 0 Å². The summed E-state index contributed by atoms with van der Waals surface area (Å²) in [6.45, 7) is 10.7. The largest absolute Gasteiger partial charge is 0.340 e. The Morgan fingerprint density at radius 2 is 1.86 bits per heavy atom. The van der Waals surface area contributed by atoms with Crippen LogP contribution in [-0.4, -0.2) is 74.0 Å². The lowest BCUT2D eigenvalue weighted by Crippen LogP contribution is -2.49. The fourth-order valence-electron chi connectivity index (χ4n) is 1.53. The van der Waals surface area contributed by atoms with Gasteiger partial charge in [0, 0.05) is 39.3 Å². The van der Waals surface area contributed by atoms with E-state index in [0.717, 1.165) is 39.3 Å². The molecule has 1 heterocycles. The van der Waals surface area contributed by atoms with E-state index in [9.17, 15) is 4.79 Å². The molecular formula is C10H19N3O. The second-order valence-corrected chi connectivity index (χ2v) is 3.97. The Bertz CT molecular complexity index is 186. The van der Waals surface area contributed by atoms with Crippen LogP contribution in [0.4, 0.5) is 0 Å². The van der Waals surface area contributed by atoms with Gasteiger partial charge in [0.25, 0.3) is 0 Å².